The Hall–Kier alpha value is -2.82. The lowest BCUT2D eigenvalue weighted by Gasteiger charge is -2.17. The molecule has 2 aromatic carbocycles. The summed E-state index contributed by atoms with van der Waals surface area (Å²) in [6.07, 6.45) is 0. The molecule has 24 heavy (non-hydrogen) atoms. The van der Waals surface area contributed by atoms with Crippen molar-refractivity contribution in [2.45, 2.75) is 27.7 Å². The second-order valence-corrected chi connectivity index (χ2v) is 6.76. The highest BCUT2D eigenvalue weighted by atomic mass is 16.3. The minimum atomic E-state index is -0.487. The molecule has 0 bridgehead atoms. The molecule has 0 saturated carbocycles. The van der Waals surface area contributed by atoms with Crippen LogP contribution in [0.2, 0.25) is 0 Å². The van der Waals surface area contributed by atoms with Gasteiger partial charge in [0.25, 0.3) is 5.91 Å². The zero-order chi connectivity index (χ0) is 17.9. The third kappa shape index (κ3) is 4.35. The van der Waals surface area contributed by atoms with Crippen LogP contribution in [0.5, 0.6) is 5.75 Å². The van der Waals surface area contributed by atoms with Crippen molar-refractivity contribution < 1.29 is 14.7 Å². The third-order valence-electron chi connectivity index (χ3n) is 3.49. The van der Waals surface area contributed by atoms with Gasteiger partial charge in [0, 0.05) is 16.7 Å². The molecule has 0 heterocycles. The van der Waals surface area contributed by atoms with Gasteiger partial charge in [0.15, 0.2) is 0 Å². The number of aromatic hydroxyl groups is 1. The van der Waals surface area contributed by atoms with Gasteiger partial charge in [0.05, 0.1) is 5.69 Å². The van der Waals surface area contributed by atoms with Crippen LogP contribution in [0.15, 0.2) is 42.5 Å². The molecule has 0 aliphatic heterocycles. The number of carbonyl (C=O) groups is 2. The van der Waals surface area contributed by atoms with Crippen molar-refractivity contribution in [1.82, 2.24) is 0 Å². The molecular formula is C19H22N2O3. The van der Waals surface area contributed by atoms with Crippen LogP contribution >= 0.6 is 0 Å². The van der Waals surface area contributed by atoms with Crippen LogP contribution in [0.1, 0.15) is 36.7 Å². The van der Waals surface area contributed by atoms with Gasteiger partial charge in [-0.2, -0.15) is 0 Å². The summed E-state index contributed by atoms with van der Waals surface area (Å²) in [7, 11) is 0. The number of benzene rings is 2. The number of hydrogen-bond acceptors (Lipinski definition) is 3. The van der Waals surface area contributed by atoms with E-state index in [0.717, 1.165) is 5.56 Å². The maximum Gasteiger partial charge on any atom is 0.255 e. The number of carbonyl (C=O) groups excluding carboxylic acids is 2. The van der Waals surface area contributed by atoms with Gasteiger partial charge in [-0.25, -0.2) is 0 Å². The van der Waals surface area contributed by atoms with Crippen molar-refractivity contribution in [3.63, 3.8) is 0 Å². The first-order chi connectivity index (χ1) is 11.2. The highest BCUT2D eigenvalue weighted by Crippen LogP contribution is 2.24. The minimum Gasteiger partial charge on any atom is -0.506 e. The van der Waals surface area contributed by atoms with E-state index < -0.39 is 5.41 Å². The fourth-order valence-electron chi connectivity index (χ4n) is 1.97. The molecule has 0 unspecified atom stereocenters. The molecule has 5 heteroatoms. The Kier molecular flexibility index (Phi) is 4.93. The smallest absolute Gasteiger partial charge is 0.255 e. The topological polar surface area (TPSA) is 78.4 Å². The zero-order valence-corrected chi connectivity index (χ0v) is 14.3. The van der Waals surface area contributed by atoms with Crippen molar-refractivity contribution in [1.29, 1.82) is 0 Å². The highest BCUT2D eigenvalue weighted by molar-refractivity contribution is 6.05. The summed E-state index contributed by atoms with van der Waals surface area (Å²) < 4.78 is 0. The number of aryl methyl sites for hydroxylation is 1. The van der Waals surface area contributed by atoms with E-state index in [9.17, 15) is 14.7 Å². The van der Waals surface area contributed by atoms with Crippen molar-refractivity contribution >= 4 is 23.2 Å². The Labute approximate surface area is 141 Å². The summed E-state index contributed by atoms with van der Waals surface area (Å²) in [5.41, 5.74) is 1.84. The second kappa shape index (κ2) is 6.74. The maximum atomic E-state index is 12.2. The molecule has 0 radical (unpaired) electrons. The molecule has 0 aromatic heterocycles. The van der Waals surface area contributed by atoms with Gasteiger partial charge in [-0.05, 0) is 48.9 Å². The van der Waals surface area contributed by atoms with Crippen LogP contribution in [0.25, 0.3) is 0 Å². The third-order valence-corrected chi connectivity index (χ3v) is 3.49. The molecule has 126 valence electrons. The maximum absolute atomic E-state index is 12.2. The van der Waals surface area contributed by atoms with Gasteiger partial charge in [-0.15, -0.1) is 0 Å². The van der Waals surface area contributed by atoms with Crippen LogP contribution in [0.3, 0.4) is 0 Å². The summed E-state index contributed by atoms with van der Waals surface area (Å²) in [5, 5.41) is 15.3. The molecule has 0 atom stereocenters. The van der Waals surface area contributed by atoms with Gasteiger partial charge in [-0.1, -0.05) is 26.8 Å². The molecular weight excluding hydrogens is 304 g/mol. The predicted octanol–water partition coefficient (Wildman–Crippen LogP) is 3.94. The van der Waals surface area contributed by atoms with Crippen molar-refractivity contribution in [2.24, 2.45) is 5.41 Å². The SMILES string of the molecule is Cc1ccc(NC(=O)c2ccc(NC(=O)C(C)(C)C)cc2)c(O)c1. The lowest BCUT2D eigenvalue weighted by atomic mass is 9.95. The molecule has 2 aromatic rings. The Morgan fingerprint density at radius 2 is 1.58 bits per heavy atom. The lowest BCUT2D eigenvalue weighted by Crippen LogP contribution is -2.27. The average molecular weight is 326 g/mol. The molecule has 0 fully saturated rings. The number of hydrogen-bond donors (Lipinski definition) is 3. The Balaban J connectivity index is 2.07. The van der Waals surface area contributed by atoms with E-state index in [2.05, 4.69) is 10.6 Å². The van der Waals surface area contributed by atoms with Crippen molar-refractivity contribution in [2.75, 3.05) is 10.6 Å². The molecule has 0 aliphatic carbocycles. The predicted molar refractivity (Wildman–Crippen MR) is 95.3 cm³/mol. The quantitative estimate of drug-likeness (QED) is 0.748. The molecule has 0 saturated heterocycles. The van der Waals surface area contributed by atoms with E-state index in [1.165, 1.54) is 0 Å². The summed E-state index contributed by atoms with van der Waals surface area (Å²) in [6, 6.07) is 11.6. The summed E-state index contributed by atoms with van der Waals surface area (Å²) in [4.78, 5) is 24.2. The fraction of sp³-hybridized carbons (Fsp3) is 0.263. The number of phenols is 1. The largest absolute Gasteiger partial charge is 0.506 e. The Morgan fingerprint density at radius 1 is 0.958 bits per heavy atom. The van der Waals surface area contributed by atoms with Gasteiger partial charge >= 0.3 is 0 Å². The molecule has 2 rings (SSSR count). The summed E-state index contributed by atoms with van der Waals surface area (Å²) in [6.45, 7) is 7.35. The van der Waals surface area contributed by atoms with Crippen LogP contribution in [-0.4, -0.2) is 16.9 Å². The molecule has 3 N–H and O–H groups in total. The number of rotatable bonds is 3. The van der Waals surface area contributed by atoms with E-state index in [4.69, 9.17) is 0 Å². The average Bonchev–Trinajstić information content (AvgIpc) is 2.49. The lowest BCUT2D eigenvalue weighted by molar-refractivity contribution is -0.123. The molecule has 0 spiro atoms. The summed E-state index contributed by atoms with van der Waals surface area (Å²) in [5.74, 6) is -0.399. The van der Waals surface area contributed by atoms with E-state index in [1.807, 2.05) is 27.7 Å². The second-order valence-electron chi connectivity index (χ2n) is 6.76. The van der Waals surface area contributed by atoms with E-state index in [1.54, 1.807) is 42.5 Å². The van der Waals surface area contributed by atoms with Crippen LogP contribution < -0.4 is 10.6 Å². The zero-order valence-electron chi connectivity index (χ0n) is 14.3. The Morgan fingerprint density at radius 3 is 2.12 bits per heavy atom. The highest BCUT2D eigenvalue weighted by Gasteiger charge is 2.21. The Bertz CT molecular complexity index is 759. The first-order valence-corrected chi connectivity index (χ1v) is 7.69. The van der Waals surface area contributed by atoms with E-state index in [-0.39, 0.29) is 17.6 Å². The van der Waals surface area contributed by atoms with Crippen LogP contribution in [-0.2, 0) is 4.79 Å². The molecule has 5 nitrogen and oxygen atoms in total. The van der Waals surface area contributed by atoms with Crippen molar-refractivity contribution in [3.8, 4) is 5.75 Å². The normalized spacial score (nSPS) is 11.0. The first kappa shape index (κ1) is 17.5. The minimum absolute atomic E-state index is 0.0254. The van der Waals surface area contributed by atoms with Gasteiger partial charge in [0.2, 0.25) is 5.91 Å². The molecule has 2 amide bonds. The van der Waals surface area contributed by atoms with Crippen LogP contribution in [0, 0.1) is 12.3 Å². The summed E-state index contributed by atoms with van der Waals surface area (Å²) >= 11 is 0. The molecule has 0 aliphatic rings. The fourth-order valence-corrected chi connectivity index (χ4v) is 1.97. The van der Waals surface area contributed by atoms with Crippen LogP contribution in [0.4, 0.5) is 11.4 Å². The number of amides is 2. The van der Waals surface area contributed by atoms with Gasteiger partial charge in [-0.3, -0.25) is 9.59 Å². The number of nitrogens with one attached hydrogen (secondary N) is 2. The standard InChI is InChI=1S/C19H22N2O3/c1-12-5-10-15(16(22)11-12)21-17(23)13-6-8-14(9-7-13)20-18(24)19(2,3)4/h5-11,22H,1-4H3,(H,20,24)(H,21,23). The first-order valence-electron chi connectivity index (χ1n) is 7.69. The monoisotopic (exact) mass is 326 g/mol. The van der Waals surface area contributed by atoms with Gasteiger partial charge in [0.1, 0.15) is 5.75 Å². The van der Waals surface area contributed by atoms with Gasteiger partial charge < -0.3 is 15.7 Å². The van der Waals surface area contributed by atoms with E-state index >= 15 is 0 Å². The number of anilines is 2. The van der Waals surface area contributed by atoms with Crippen molar-refractivity contribution in [3.05, 3.63) is 53.6 Å². The van der Waals surface area contributed by atoms with E-state index in [0.29, 0.717) is 16.9 Å². The number of phenolic OH excluding ortho intramolecular Hbond substituents is 1.